The largest absolute Gasteiger partial charge is 0.507 e. The van der Waals surface area contributed by atoms with Gasteiger partial charge in [0, 0.05) is 60.5 Å². The third-order valence-electron chi connectivity index (χ3n) is 11.6. The number of carbonyl (C=O) groups is 3. The Labute approximate surface area is 328 Å². The molecule has 0 radical (unpaired) electrons. The van der Waals surface area contributed by atoms with Gasteiger partial charge in [0.05, 0.1) is 61.4 Å². The summed E-state index contributed by atoms with van der Waals surface area (Å²) in [6.07, 6.45) is -8.46. The zero-order valence-electron chi connectivity index (χ0n) is 32.2. The number of hydrogen-bond acceptors (Lipinski definition) is 18. The molecule has 1 heterocycles. The first kappa shape index (κ1) is 44.5. The summed E-state index contributed by atoms with van der Waals surface area (Å²) in [5.74, 6) is -3.07. The lowest BCUT2D eigenvalue weighted by atomic mass is 9.71. The van der Waals surface area contributed by atoms with Crippen LogP contribution in [0, 0.1) is 0 Å². The molecule has 57 heavy (non-hydrogen) atoms. The molecular formula is C39H54N2O16. The molecule has 2 aromatic rings. The standard InChI is InChI=1S/C28H31NO10.C11H23NO6/c1-4-17(30)28(36)9-13-20(16(10-28)39-18-8-14(29)23(31)11(2)38-18)27(35)22-21(25(13)33)24(32)12-6-5-7-15(37-3)19(12)26(22)34;1-2-6(4-13)12-7-3-11(18,5-14)10(17)9(16)8(7)15/h5-7,11,14,16,18,23,31,33,35-36H,4,8-10,29H2,1-3H3;6-10,12-18H,2-5H2,1H3/t11?,14?,16-,18?,23?,28-;6?,7-,8-,9+,10-,11-/m00/s1. The summed E-state index contributed by atoms with van der Waals surface area (Å²) in [5.41, 5.74) is 1.18. The van der Waals surface area contributed by atoms with Crippen molar-refractivity contribution in [1.82, 2.24) is 5.32 Å². The molecule has 0 amide bonds. The number of aliphatic hydroxyl groups is 8. The second kappa shape index (κ2) is 17.3. The Balaban J connectivity index is 0.000000290. The number of ketones is 3. The van der Waals surface area contributed by atoms with Crippen molar-refractivity contribution < 1.29 is 79.7 Å². The second-order valence-corrected chi connectivity index (χ2v) is 15.3. The van der Waals surface area contributed by atoms with Crippen LogP contribution in [0.3, 0.4) is 0 Å². The van der Waals surface area contributed by atoms with Gasteiger partial charge in [0.15, 0.2) is 17.9 Å². The Bertz CT molecular complexity index is 1830. The van der Waals surface area contributed by atoms with Crippen molar-refractivity contribution in [2.24, 2.45) is 5.73 Å². The van der Waals surface area contributed by atoms with Crippen molar-refractivity contribution in [2.75, 3.05) is 20.3 Å². The van der Waals surface area contributed by atoms with Crippen LogP contribution in [0.2, 0.25) is 0 Å². The van der Waals surface area contributed by atoms with Crippen LogP contribution in [-0.4, -0.2) is 155 Å². The fourth-order valence-corrected chi connectivity index (χ4v) is 8.22. The van der Waals surface area contributed by atoms with Crippen molar-refractivity contribution in [1.29, 1.82) is 0 Å². The molecule has 316 valence electrons. The van der Waals surface area contributed by atoms with Gasteiger partial charge < -0.3 is 76.3 Å². The molecule has 0 spiro atoms. The highest BCUT2D eigenvalue weighted by molar-refractivity contribution is 6.31. The Morgan fingerprint density at radius 1 is 0.982 bits per heavy atom. The molecule has 18 heteroatoms. The molecule has 1 aliphatic heterocycles. The number of hydrogen-bond donors (Lipinski definition) is 12. The number of carbonyl (C=O) groups excluding carboxylic acids is 3. The summed E-state index contributed by atoms with van der Waals surface area (Å²) in [5, 5.41) is 105. The number of aromatic hydroxyl groups is 2. The molecular weight excluding hydrogens is 752 g/mol. The molecule has 0 aromatic heterocycles. The Hall–Kier alpha value is -3.63. The Kier molecular flexibility index (Phi) is 13.5. The number of aliphatic hydroxyl groups excluding tert-OH is 6. The van der Waals surface area contributed by atoms with Crippen LogP contribution in [0.5, 0.6) is 17.2 Å². The lowest BCUT2D eigenvalue weighted by molar-refractivity contribution is -0.247. The van der Waals surface area contributed by atoms with Gasteiger partial charge in [-0.15, -0.1) is 0 Å². The van der Waals surface area contributed by atoms with Gasteiger partial charge in [-0.2, -0.15) is 0 Å². The van der Waals surface area contributed by atoms with E-state index >= 15 is 0 Å². The first-order valence-electron chi connectivity index (χ1n) is 18.9. The van der Waals surface area contributed by atoms with Gasteiger partial charge in [0.25, 0.3) is 0 Å². The molecule has 6 rings (SSSR count). The molecule has 0 bridgehead atoms. The van der Waals surface area contributed by atoms with Crippen LogP contribution in [0.1, 0.15) is 102 Å². The van der Waals surface area contributed by atoms with E-state index < -0.39 is 119 Å². The normalized spacial score (nSPS) is 33.9. The summed E-state index contributed by atoms with van der Waals surface area (Å²) in [7, 11) is 1.34. The highest BCUT2D eigenvalue weighted by Crippen LogP contribution is 2.52. The van der Waals surface area contributed by atoms with E-state index in [9.17, 15) is 55.2 Å². The first-order valence-corrected chi connectivity index (χ1v) is 18.9. The molecule has 1 saturated carbocycles. The zero-order valence-corrected chi connectivity index (χ0v) is 32.2. The molecule has 12 atom stereocenters. The molecule has 18 nitrogen and oxygen atoms in total. The minimum absolute atomic E-state index is 0.0119. The van der Waals surface area contributed by atoms with E-state index in [2.05, 4.69) is 5.32 Å². The van der Waals surface area contributed by atoms with Gasteiger partial charge >= 0.3 is 0 Å². The van der Waals surface area contributed by atoms with Gasteiger partial charge in [-0.05, 0) is 25.8 Å². The number of Topliss-reactive ketones (excluding diaryl/α,β-unsaturated/α-hetero) is 1. The smallest absolute Gasteiger partial charge is 0.202 e. The van der Waals surface area contributed by atoms with Gasteiger partial charge in [-0.25, -0.2) is 0 Å². The van der Waals surface area contributed by atoms with Crippen molar-refractivity contribution >= 4 is 17.3 Å². The fourth-order valence-electron chi connectivity index (χ4n) is 8.22. The van der Waals surface area contributed by atoms with Gasteiger partial charge in [0.1, 0.15) is 40.7 Å². The highest BCUT2D eigenvalue weighted by atomic mass is 16.7. The van der Waals surface area contributed by atoms with E-state index in [1.165, 1.54) is 25.3 Å². The molecule has 5 unspecified atom stereocenters. The SMILES string of the molecule is CCC(=O)[C@]1(O)Cc2c(O)c3c(c(O)c2[C@@H](OC2CC(N)C(O)C(C)O2)C1)C(=O)c1c(OC)cccc1C3=O.CCC(CO)N[C@H]1C[C@](O)(CO)[C@@H](O)[C@H](O)[C@H]1O. The topological polar surface area (TPSA) is 319 Å². The van der Waals surface area contributed by atoms with Crippen LogP contribution in [0.4, 0.5) is 0 Å². The summed E-state index contributed by atoms with van der Waals surface area (Å²) in [4.78, 5) is 40.1. The van der Waals surface area contributed by atoms with E-state index in [0.717, 1.165) is 0 Å². The number of benzene rings is 2. The van der Waals surface area contributed by atoms with Crippen molar-refractivity contribution in [3.05, 3.63) is 51.6 Å². The monoisotopic (exact) mass is 806 g/mol. The Morgan fingerprint density at radius 3 is 2.23 bits per heavy atom. The molecule has 2 aromatic carbocycles. The van der Waals surface area contributed by atoms with E-state index in [-0.39, 0.29) is 66.3 Å². The molecule has 3 aliphatic carbocycles. The Morgan fingerprint density at radius 2 is 1.65 bits per heavy atom. The maximum Gasteiger partial charge on any atom is 0.202 e. The van der Waals surface area contributed by atoms with Gasteiger partial charge in [-0.3, -0.25) is 14.4 Å². The van der Waals surface area contributed by atoms with E-state index in [1.807, 2.05) is 6.92 Å². The van der Waals surface area contributed by atoms with Gasteiger partial charge in [-0.1, -0.05) is 26.0 Å². The predicted octanol–water partition coefficient (Wildman–Crippen LogP) is -1.66. The number of nitrogens with two attached hydrogens (primary N) is 1. The number of phenols is 2. The van der Waals surface area contributed by atoms with Crippen LogP contribution in [-0.2, 0) is 20.7 Å². The highest BCUT2D eigenvalue weighted by Gasteiger charge is 2.52. The first-order chi connectivity index (χ1) is 26.8. The second-order valence-electron chi connectivity index (χ2n) is 15.3. The lowest BCUT2D eigenvalue weighted by Crippen LogP contribution is -2.67. The summed E-state index contributed by atoms with van der Waals surface area (Å²) in [6, 6.07) is 2.77. The summed E-state index contributed by atoms with van der Waals surface area (Å²) >= 11 is 0. The van der Waals surface area contributed by atoms with Crippen molar-refractivity contribution in [3.63, 3.8) is 0 Å². The van der Waals surface area contributed by atoms with Crippen LogP contribution < -0.4 is 15.8 Å². The number of ether oxygens (including phenoxy) is 3. The summed E-state index contributed by atoms with van der Waals surface area (Å²) in [6.45, 7) is 4.17. The quantitative estimate of drug-likeness (QED) is 0.102. The third kappa shape index (κ3) is 8.06. The number of nitrogens with one attached hydrogen (secondary N) is 1. The number of rotatable bonds is 10. The molecule has 2 fully saturated rings. The molecule has 13 N–H and O–H groups in total. The summed E-state index contributed by atoms with van der Waals surface area (Å²) < 4.78 is 17.1. The van der Waals surface area contributed by atoms with Crippen molar-refractivity contribution in [2.45, 2.75) is 132 Å². The zero-order chi connectivity index (χ0) is 42.3. The maximum absolute atomic E-state index is 13.7. The lowest BCUT2D eigenvalue weighted by Gasteiger charge is -2.46. The van der Waals surface area contributed by atoms with E-state index in [4.69, 9.17) is 30.2 Å². The molecule has 1 saturated heterocycles. The number of methoxy groups -OCH3 is 1. The predicted molar refractivity (Wildman–Crippen MR) is 198 cm³/mol. The number of fused-ring (bicyclic) bond motifs is 3. The van der Waals surface area contributed by atoms with Crippen molar-refractivity contribution in [3.8, 4) is 17.2 Å². The molecule has 4 aliphatic rings. The van der Waals surface area contributed by atoms with Crippen LogP contribution in [0.25, 0.3) is 0 Å². The number of phenolic OH excluding ortho intramolecular Hbond substituents is 2. The van der Waals surface area contributed by atoms with Gasteiger partial charge in [0.2, 0.25) is 5.78 Å². The maximum atomic E-state index is 13.7. The average molecular weight is 807 g/mol. The minimum Gasteiger partial charge on any atom is -0.507 e. The third-order valence-corrected chi connectivity index (χ3v) is 11.6. The average Bonchev–Trinajstić information content (AvgIpc) is 3.19. The minimum atomic E-state index is -1.99. The van der Waals surface area contributed by atoms with Crippen LogP contribution >= 0.6 is 0 Å². The van der Waals surface area contributed by atoms with E-state index in [1.54, 1.807) is 13.8 Å². The van der Waals surface area contributed by atoms with Crippen LogP contribution in [0.15, 0.2) is 18.2 Å². The fraction of sp³-hybridized carbons (Fsp3) is 0.615. The van der Waals surface area contributed by atoms with E-state index in [0.29, 0.717) is 6.42 Å².